The van der Waals surface area contributed by atoms with Gasteiger partial charge in [0.1, 0.15) is 9.71 Å². The maximum atomic E-state index is 12.6. The minimum absolute atomic E-state index is 0.260. The van der Waals surface area contributed by atoms with Gasteiger partial charge in [-0.1, -0.05) is 27.5 Å². The molecule has 27 heavy (non-hydrogen) atoms. The highest BCUT2D eigenvalue weighted by Gasteiger charge is 2.18. The van der Waals surface area contributed by atoms with Crippen molar-refractivity contribution in [1.82, 2.24) is 9.97 Å². The highest BCUT2D eigenvalue weighted by Crippen LogP contribution is 2.34. The monoisotopic (exact) mass is 458 g/mol. The second-order valence-corrected chi connectivity index (χ2v) is 8.07. The van der Waals surface area contributed by atoms with Crippen molar-refractivity contribution in [3.05, 3.63) is 69.1 Å². The SMILES string of the molecule is Nc1c(C(=O)Nc2ccc(Br)cc2)sc2nc(-c3ccc(Cl)cn3)ccc12. The van der Waals surface area contributed by atoms with Gasteiger partial charge < -0.3 is 11.1 Å². The maximum absolute atomic E-state index is 12.6. The molecule has 0 atom stereocenters. The molecule has 0 radical (unpaired) electrons. The van der Waals surface area contributed by atoms with Crippen molar-refractivity contribution in [2.45, 2.75) is 0 Å². The first-order valence-electron chi connectivity index (χ1n) is 7.89. The van der Waals surface area contributed by atoms with Crippen LogP contribution in [0.5, 0.6) is 0 Å². The van der Waals surface area contributed by atoms with Crippen LogP contribution in [0.4, 0.5) is 11.4 Å². The van der Waals surface area contributed by atoms with Crippen molar-refractivity contribution in [2.24, 2.45) is 0 Å². The van der Waals surface area contributed by atoms with E-state index in [0.29, 0.717) is 37.5 Å². The van der Waals surface area contributed by atoms with Crippen LogP contribution in [0.1, 0.15) is 9.67 Å². The predicted octanol–water partition coefficient (Wildman–Crippen LogP) is 5.61. The number of halogens is 2. The highest BCUT2D eigenvalue weighted by atomic mass is 79.9. The molecule has 0 bridgehead atoms. The van der Waals surface area contributed by atoms with Crippen LogP contribution in [0.3, 0.4) is 0 Å². The van der Waals surface area contributed by atoms with Gasteiger partial charge in [0.2, 0.25) is 0 Å². The van der Waals surface area contributed by atoms with Crippen molar-refractivity contribution in [3.8, 4) is 11.4 Å². The molecule has 1 amide bonds. The van der Waals surface area contributed by atoms with E-state index in [-0.39, 0.29) is 5.91 Å². The molecule has 3 heterocycles. The molecule has 0 saturated carbocycles. The maximum Gasteiger partial charge on any atom is 0.267 e. The Morgan fingerprint density at radius 1 is 1.07 bits per heavy atom. The first-order chi connectivity index (χ1) is 13.0. The number of benzene rings is 1. The third-order valence-corrected chi connectivity index (χ3v) is 5.76. The summed E-state index contributed by atoms with van der Waals surface area (Å²) >= 11 is 10.5. The summed E-state index contributed by atoms with van der Waals surface area (Å²) in [5.74, 6) is -0.260. The van der Waals surface area contributed by atoms with Gasteiger partial charge in [0.15, 0.2) is 0 Å². The fourth-order valence-electron chi connectivity index (χ4n) is 2.56. The molecular formula is C19H12BrClN4OS. The molecule has 0 aliphatic carbocycles. The highest BCUT2D eigenvalue weighted by molar-refractivity contribution is 9.10. The zero-order valence-corrected chi connectivity index (χ0v) is 16.9. The van der Waals surface area contributed by atoms with Gasteiger partial charge >= 0.3 is 0 Å². The number of nitrogens with two attached hydrogens (primary N) is 1. The number of carbonyl (C=O) groups is 1. The number of nitrogens with one attached hydrogen (secondary N) is 1. The van der Waals surface area contributed by atoms with Crippen LogP contribution < -0.4 is 11.1 Å². The van der Waals surface area contributed by atoms with E-state index >= 15 is 0 Å². The summed E-state index contributed by atoms with van der Waals surface area (Å²) in [5, 5.41) is 4.17. The number of pyridine rings is 2. The number of amides is 1. The van der Waals surface area contributed by atoms with Crippen molar-refractivity contribution in [3.63, 3.8) is 0 Å². The Morgan fingerprint density at radius 3 is 2.52 bits per heavy atom. The molecule has 134 valence electrons. The minimum Gasteiger partial charge on any atom is -0.397 e. The fraction of sp³-hybridized carbons (Fsp3) is 0. The van der Waals surface area contributed by atoms with Gasteiger partial charge in [-0.3, -0.25) is 9.78 Å². The number of hydrogen-bond acceptors (Lipinski definition) is 5. The number of thiophene rings is 1. The molecule has 0 fully saturated rings. The molecule has 0 saturated heterocycles. The average Bonchev–Trinajstić information content (AvgIpc) is 3.00. The third-order valence-electron chi connectivity index (χ3n) is 3.89. The van der Waals surface area contributed by atoms with Gasteiger partial charge in [0.25, 0.3) is 5.91 Å². The molecular weight excluding hydrogens is 448 g/mol. The van der Waals surface area contributed by atoms with Gasteiger partial charge in [0.05, 0.1) is 22.1 Å². The Hall–Kier alpha value is -2.48. The standard InChI is InChI=1S/C19H12BrClN4OS/c20-10-1-4-12(5-2-10)24-18(26)17-16(22)13-6-8-15(25-19(13)27-17)14-7-3-11(21)9-23-14/h1-9H,22H2,(H,24,26). The number of hydrogen-bond donors (Lipinski definition) is 2. The summed E-state index contributed by atoms with van der Waals surface area (Å²) < 4.78 is 0.939. The lowest BCUT2D eigenvalue weighted by Crippen LogP contribution is -2.11. The van der Waals surface area contributed by atoms with Crippen LogP contribution in [0.2, 0.25) is 5.02 Å². The number of anilines is 2. The Kier molecular flexibility index (Phi) is 4.82. The number of fused-ring (bicyclic) bond motifs is 1. The smallest absolute Gasteiger partial charge is 0.267 e. The van der Waals surface area contributed by atoms with Gasteiger partial charge in [-0.05, 0) is 48.5 Å². The molecule has 0 aliphatic heterocycles. The molecule has 4 rings (SSSR count). The number of rotatable bonds is 3. The van der Waals surface area contributed by atoms with E-state index in [9.17, 15) is 4.79 Å². The van der Waals surface area contributed by atoms with Crippen molar-refractivity contribution in [1.29, 1.82) is 0 Å². The lowest BCUT2D eigenvalue weighted by atomic mass is 10.2. The molecule has 0 unspecified atom stereocenters. The van der Waals surface area contributed by atoms with Crippen molar-refractivity contribution >= 4 is 66.4 Å². The third kappa shape index (κ3) is 3.66. The number of nitrogen functional groups attached to an aromatic ring is 1. The normalized spacial score (nSPS) is 10.9. The van der Waals surface area contributed by atoms with Gasteiger partial charge in [0, 0.05) is 21.7 Å². The van der Waals surface area contributed by atoms with Gasteiger partial charge in [-0.15, -0.1) is 11.3 Å². The van der Waals surface area contributed by atoms with Crippen LogP contribution in [0.25, 0.3) is 21.6 Å². The largest absolute Gasteiger partial charge is 0.397 e. The van der Waals surface area contributed by atoms with E-state index < -0.39 is 0 Å². The molecule has 4 aromatic rings. The van der Waals surface area contributed by atoms with Crippen LogP contribution in [-0.2, 0) is 0 Å². The first-order valence-corrected chi connectivity index (χ1v) is 9.88. The van der Waals surface area contributed by atoms with E-state index in [1.807, 2.05) is 36.4 Å². The lowest BCUT2D eigenvalue weighted by molar-refractivity contribution is 0.103. The summed E-state index contributed by atoms with van der Waals surface area (Å²) in [4.78, 5) is 22.6. The second-order valence-electron chi connectivity index (χ2n) is 5.72. The lowest BCUT2D eigenvalue weighted by Gasteiger charge is -2.04. The topological polar surface area (TPSA) is 80.9 Å². The van der Waals surface area contributed by atoms with Gasteiger partial charge in [-0.2, -0.15) is 0 Å². The molecule has 3 N–H and O–H groups in total. The summed E-state index contributed by atoms with van der Waals surface area (Å²) in [6, 6.07) is 14.6. The molecule has 0 spiro atoms. The molecule has 3 aromatic heterocycles. The molecule has 8 heteroatoms. The van der Waals surface area contributed by atoms with E-state index in [1.54, 1.807) is 18.3 Å². The summed E-state index contributed by atoms with van der Waals surface area (Å²) in [5.41, 5.74) is 8.71. The Morgan fingerprint density at radius 2 is 1.81 bits per heavy atom. The van der Waals surface area contributed by atoms with Crippen LogP contribution in [0.15, 0.2) is 59.2 Å². The predicted molar refractivity (Wildman–Crippen MR) is 114 cm³/mol. The quantitative estimate of drug-likeness (QED) is 0.417. The number of nitrogens with zero attached hydrogens (tertiary/aromatic N) is 2. The van der Waals surface area contributed by atoms with E-state index in [2.05, 4.69) is 31.2 Å². The van der Waals surface area contributed by atoms with Crippen LogP contribution in [-0.4, -0.2) is 15.9 Å². The Bertz CT molecular complexity index is 1140. The number of carbonyl (C=O) groups excluding carboxylic acids is 1. The van der Waals surface area contributed by atoms with E-state index in [1.165, 1.54) is 11.3 Å². The number of aromatic nitrogens is 2. The summed E-state index contributed by atoms with van der Waals surface area (Å²) in [7, 11) is 0. The summed E-state index contributed by atoms with van der Waals surface area (Å²) in [6.07, 6.45) is 1.57. The summed E-state index contributed by atoms with van der Waals surface area (Å²) in [6.45, 7) is 0. The average molecular weight is 460 g/mol. The molecule has 5 nitrogen and oxygen atoms in total. The minimum atomic E-state index is -0.260. The van der Waals surface area contributed by atoms with Crippen molar-refractivity contribution in [2.75, 3.05) is 11.1 Å². The van der Waals surface area contributed by atoms with Gasteiger partial charge in [-0.25, -0.2) is 4.98 Å². The van der Waals surface area contributed by atoms with Crippen molar-refractivity contribution < 1.29 is 4.79 Å². The van der Waals surface area contributed by atoms with Crippen LogP contribution >= 0.6 is 38.9 Å². The molecule has 0 aliphatic rings. The second kappa shape index (κ2) is 7.26. The Balaban J connectivity index is 1.67. The van der Waals surface area contributed by atoms with E-state index in [4.69, 9.17) is 17.3 Å². The van der Waals surface area contributed by atoms with Crippen LogP contribution in [0, 0.1) is 0 Å². The zero-order chi connectivity index (χ0) is 19.0. The Labute approximate surface area is 172 Å². The first kappa shape index (κ1) is 17.9. The zero-order valence-electron chi connectivity index (χ0n) is 13.7. The van der Waals surface area contributed by atoms with E-state index in [0.717, 1.165) is 9.86 Å². The molecule has 1 aromatic carbocycles. The fourth-order valence-corrected chi connectivity index (χ4v) is 3.92.